The first-order valence-corrected chi connectivity index (χ1v) is 10.1. The van der Waals surface area contributed by atoms with Gasteiger partial charge in [0.1, 0.15) is 5.82 Å². The van der Waals surface area contributed by atoms with Crippen LogP contribution in [0.5, 0.6) is 5.75 Å². The zero-order chi connectivity index (χ0) is 20.1. The molecule has 0 atom stereocenters. The first-order valence-electron chi connectivity index (χ1n) is 10.1. The smallest absolute Gasteiger partial charge is 0.201 e. The topological polar surface area (TPSA) is 9.23 Å². The van der Waals surface area contributed by atoms with Gasteiger partial charge in [-0.05, 0) is 61.1 Å². The van der Waals surface area contributed by atoms with Gasteiger partial charge in [0.25, 0.3) is 0 Å². The van der Waals surface area contributed by atoms with Crippen molar-refractivity contribution in [3.8, 4) is 16.9 Å². The minimum absolute atomic E-state index is 0.0794. The molecule has 28 heavy (non-hydrogen) atoms. The summed E-state index contributed by atoms with van der Waals surface area (Å²) in [5.74, 6) is -2.89. The molecule has 0 bridgehead atoms. The summed E-state index contributed by atoms with van der Waals surface area (Å²) in [7, 11) is 1.27. The second-order valence-electron chi connectivity index (χ2n) is 7.45. The molecule has 0 N–H and O–H groups in total. The number of rotatable bonds is 8. The van der Waals surface area contributed by atoms with E-state index in [9.17, 15) is 13.2 Å². The first-order chi connectivity index (χ1) is 13.5. The molecule has 1 aliphatic rings. The Hall–Kier alpha value is -2.23. The molecule has 4 heteroatoms. The van der Waals surface area contributed by atoms with Crippen LogP contribution in [0.4, 0.5) is 13.2 Å². The van der Waals surface area contributed by atoms with Crippen molar-refractivity contribution in [2.24, 2.45) is 0 Å². The van der Waals surface area contributed by atoms with Crippen molar-refractivity contribution in [2.45, 2.75) is 58.3 Å². The van der Waals surface area contributed by atoms with Gasteiger partial charge in [-0.25, -0.2) is 8.78 Å². The Morgan fingerprint density at radius 1 is 0.893 bits per heavy atom. The van der Waals surface area contributed by atoms with E-state index in [1.165, 1.54) is 56.6 Å². The third-order valence-corrected chi connectivity index (χ3v) is 5.48. The highest BCUT2D eigenvalue weighted by atomic mass is 19.2. The minimum Gasteiger partial charge on any atom is -0.494 e. The maximum Gasteiger partial charge on any atom is 0.201 e. The highest BCUT2D eigenvalue weighted by Gasteiger charge is 2.20. The second-order valence-corrected chi connectivity index (χ2v) is 7.45. The normalized spacial score (nSPS) is 13.2. The molecule has 0 aliphatic heterocycles. The molecule has 0 saturated heterocycles. The van der Waals surface area contributed by atoms with E-state index in [0.717, 1.165) is 30.4 Å². The fourth-order valence-corrected chi connectivity index (χ4v) is 3.83. The number of allylic oxidation sites excluding steroid dienone is 2. The van der Waals surface area contributed by atoms with Gasteiger partial charge in [-0.15, -0.1) is 0 Å². The van der Waals surface area contributed by atoms with Crippen LogP contribution in [0.25, 0.3) is 11.1 Å². The zero-order valence-electron chi connectivity index (χ0n) is 16.6. The lowest BCUT2D eigenvalue weighted by molar-refractivity contribution is 0.372. The summed E-state index contributed by atoms with van der Waals surface area (Å²) in [6.45, 7) is 2.20. The Bertz CT molecular complexity index is 871. The van der Waals surface area contributed by atoms with Gasteiger partial charge in [-0.3, -0.25) is 0 Å². The van der Waals surface area contributed by atoms with E-state index in [1.807, 2.05) is 0 Å². The summed E-state index contributed by atoms with van der Waals surface area (Å²) >= 11 is 0. The molecule has 2 aromatic rings. The number of methoxy groups -OCH3 is 1. The fraction of sp³-hybridized carbons (Fsp3) is 0.417. The minimum atomic E-state index is -1.10. The molecule has 0 radical (unpaired) electrons. The van der Waals surface area contributed by atoms with Crippen molar-refractivity contribution >= 4 is 0 Å². The predicted molar refractivity (Wildman–Crippen MR) is 107 cm³/mol. The van der Waals surface area contributed by atoms with Crippen LogP contribution in [-0.2, 0) is 12.8 Å². The van der Waals surface area contributed by atoms with Crippen molar-refractivity contribution in [2.75, 3.05) is 7.11 Å². The van der Waals surface area contributed by atoms with Gasteiger partial charge in [-0.2, -0.15) is 4.39 Å². The highest BCUT2D eigenvalue weighted by Crippen LogP contribution is 2.35. The Kier molecular flexibility index (Phi) is 6.82. The number of benzene rings is 2. The SMILES string of the molecule is CCCCCCCC1=CCc2cc(-c3ccc(OC)c(F)c3F)c(F)cc2C1. The van der Waals surface area contributed by atoms with E-state index in [1.54, 1.807) is 6.07 Å². The zero-order valence-corrected chi connectivity index (χ0v) is 16.6. The summed E-state index contributed by atoms with van der Waals surface area (Å²) < 4.78 is 48.0. The lowest BCUT2D eigenvalue weighted by atomic mass is 9.87. The van der Waals surface area contributed by atoms with E-state index < -0.39 is 17.5 Å². The summed E-state index contributed by atoms with van der Waals surface area (Å²) in [4.78, 5) is 0. The second kappa shape index (κ2) is 9.31. The standard InChI is InChI=1S/C24H27F3O/c1-3-4-5-6-7-8-16-9-10-17-14-20(21(25)15-18(17)13-16)19-11-12-22(28-2)24(27)23(19)26/h9,11-12,14-15H,3-8,10,13H2,1-2H3. The van der Waals surface area contributed by atoms with Crippen LogP contribution < -0.4 is 4.74 Å². The van der Waals surface area contributed by atoms with Crippen LogP contribution >= 0.6 is 0 Å². The van der Waals surface area contributed by atoms with E-state index >= 15 is 0 Å². The van der Waals surface area contributed by atoms with E-state index in [-0.39, 0.29) is 16.9 Å². The molecule has 0 unspecified atom stereocenters. The van der Waals surface area contributed by atoms with Crippen LogP contribution in [-0.4, -0.2) is 7.11 Å². The molecule has 1 nitrogen and oxygen atoms in total. The fourth-order valence-electron chi connectivity index (χ4n) is 3.83. The average molecular weight is 388 g/mol. The van der Waals surface area contributed by atoms with E-state index in [4.69, 9.17) is 4.74 Å². The van der Waals surface area contributed by atoms with Crippen LogP contribution in [0.1, 0.15) is 56.6 Å². The number of fused-ring (bicyclic) bond motifs is 1. The van der Waals surface area contributed by atoms with Gasteiger partial charge in [0, 0.05) is 11.1 Å². The van der Waals surface area contributed by atoms with Crippen LogP contribution in [0.15, 0.2) is 35.9 Å². The molecule has 1 aliphatic carbocycles. The molecule has 0 saturated carbocycles. The lowest BCUT2D eigenvalue weighted by Gasteiger charge is -2.19. The number of unbranched alkanes of at least 4 members (excludes halogenated alkanes) is 4. The van der Waals surface area contributed by atoms with Crippen LogP contribution in [0, 0.1) is 17.5 Å². The van der Waals surface area contributed by atoms with Crippen LogP contribution in [0.2, 0.25) is 0 Å². The van der Waals surface area contributed by atoms with Crippen molar-refractivity contribution in [3.05, 3.63) is 64.5 Å². The average Bonchev–Trinajstić information content (AvgIpc) is 2.69. The van der Waals surface area contributed by atoms with Crippen LogP contribution in [0.3, 0.4) is 0 Å². The van der Waals surface area contributed by atoms with Crippen molar-refractivity contribution < 1.29 is 17.9 Å². The molecular formula is C24H27F3O. The van der Waals surface area contributed by atoms with E-state index in [0.29, 0.717) is 6.42 Å². The Balaban J connectivity index is 1.77. The van der Waals surface area contributed by atoms with Crippen molar-refractivity contribution in [1.29, 1.82) is 0 Å². The number of ether oxygens (including phenoxy) is 1. The molecule has 150 valence electrons. The van der Waals surface area contributed by atoms with Gasteiger partial charge in [0.2, 0.25) is 5.82 Å². The summed E-state index contributed by atoms with van der Waals surface area (Å²) in [6, 6.07) is 5.82. The quantitative estimate of drug-likeness (QED) is 0.344. The molecule has 2 aromatic carbocycles. The molecule has 3 rings (SSSR count). The van der Waals surface area contributed by atoms with Crippen molar-refractivity contribution in [1.82, 2.24) is 0 Å². The monoisotopic (exact) mass is 388 g/mol. The molecule has 0 aromatic heterocycles. The molecular weight excluding hydrogens is 361 g/mol. The summed E-state index contributed by atoms with van der Waals surface area (Å²) in [5, 5.41) is 0. The molecule has 0 fully saturated rings. The third-order valence-electron chi connectivity index (χ3n) is 5.48. The number of hydrogen-bond donors (Lipinski definition) is 0. The maximum absolute atomic E-state index is 14.7. The van der Waals surface area contributed by atoms with E-state index in [2.05, 4.69) is 13.0 Å². The van der Waals surface area contributed by atoms with Gasteiger partial charge in [0.15, 0.2) is 11.6 Å². The largest absolute Gasteiger partial charge is 0.494 e. The predicted octanol–water partition coefficient (Wildman–Crippen LogP) is 7.17. The molecule has 0 amide bonds. The molecule has 0 heterocycles. The summed E-state index contributed by atoms with van der Waals surface area (Å²) in [6.07, 6.45) is 10.9. The van der Waals surface area contributed by atoms with Gasteiger partial charge < -0.3 is 4.74 Å². The Morgan fingerprint density at radius 3 is 2.43 bits per heavy atom. The lowest BCUT2D eigenvalue weighted by Crippen LogP contribution is -2.06. The maximum atomic E-state index is 14.7. The number of hydrogen-bond acceptors (Lipinski definition) is 1. The Labute approximate surface area is 165 Å². The summed E-state index contributed by atoms with van der Waals surface area (Å²) in [5.41, 5.74) is 3.28. The third kappa shape index (κ3) is 4.43. The Morgan fingerprint density at radius 2 is 1.68 bits per heavy atom. The van der Waals surface area contributed by atoms with Gasteiger partial charge in [0.05, 0.1) is 7.11 Å². The first kappa shape index (κ1) is 20.5. The molecule has 0 spiro atoms. The number of halogens is 3. The highest BCUT2D eigenvalue weighted by molar-refractivity contribution is 5.68. The van der Waals surface area contributed by atoms with Gasteiger partial charge >= 0.3 is 0 Å². The van der Waals surface area contributed by atoms with Crippen molar-refractivity contribution in [3.63, 3.8) is 0 Å². The van der Waals surface area contributed by atoms with Gasteiger partial charge in [-0.1, -0.05) is 44.3 Å².